The van der Waals surface area contributed by atoms with Crippen LogP contribution in [0.25, 0.3) is 10.9 Å². The summed E-state index contributed by atoms with van der Waals surface area (Å²) in [5, 5.41) is 14.2. The number of ether oxygens (including phenoxy) is 1. The first-order chi connectivity index (χ1) is 8.26. The molecule has 2 aromatic rings. The van der Waals surface area contributed by atoms with Gasteiger partial charge in [0.2, 0.25) is 0 Å². The zero-order chi connectivity index (χ0) is 12.0. The third kappa shape index (κ3) is 1.25. The Morgan fingerprint density at radius 1 is 1.53 bits per heavy atom. The van der Waals surface area contributed by atoms with Gasteiger partial charge in [0.15, 0.2) is 11.6 Å². The highest BCUT2D eigenvalue weighted by atomic mass is 16.5. The maximum Gasteiger partial charge on any atom is 0.197 e. The minimum absolute atomic E-state index is 0.0650. The molecule has 0 amide bonds. The van der Waals surface area contributed by atoms with Crippen molar-refractivity contribution in [3.8, 4) is 11.5 Å². The Kier molecular flexibility index (Phi) is 2.07. The van der Waals surface area contributed by atoms with E-state index < -0.39 is 0 Å². The first kappa shape index (κ1) is 10.1. The minimum atomic E-state index is 0.0650. The summed E-state index contributed by atoms with van der Waals surface area (Å²) in [5.41, 5.74) is 9.21. The van der Waals surface area contributed by atoms with E-state index in [0.29, 0.717) is 24.4 Å². The predicted octanol–water partition coefficient (Wildman–Crippen LogP) is 2.96. The fourth-order valence-electron chi connectivity index (χ4n) is 2.42. The van der Waals surface area contributed by atoms with Crippen molar-refractivity contribution in [2.45, 2.75) is 19.9 Å². The van der Waals surface area contributed by atoms with Gasteiger partial charge in [-0.3, -0.25) is 0 Å². The van der Waals surface area contributed by atoms with Crippen molar-refractivity contribution < 1.29 is 9.84 Å². The number of nitrogens with zero attached hydrogens (tertiary/aromatic N) is 2. The Hall–Kier alpha value is -2.04. The van der Waals surface area contributed by atoms with Gasteiger partial charge >= 0.3 is 0 Å². The van der Waals surface area contributed by atoms with Crippen molar-refractivity contribution in [1.82, 2.24) is 4.57 Å². The Morgan fingerprint density at radius 2 is 2.35 bits per heavy atom. The van der Waals surface area contributed by atoms with E-state index in [-0.39, 0.29) is 5.75 Å². The predicted molar refractivity (Wildman–Crippen MR) is 63.3 cm³/mol. The Balaban J connectivity index is 2.40. The summed E-state index contributed by atoms with van der Waals surface area (Å²) in [4.78, 5) is 0. The zero-order valence-corrected chi connectivity index (χ0v) is 9.53. The summed E-state index contributed by atoms with van der Waals surface area (Å²) >= 11 is 0. The van der Waals surface area contributed by atoms with Crippen molar-refractivity contribution in [3.63, 3.8) is 0 Å². The van der Waals surface area contributed by atoms with Crippen LogP contribution in [-0.4, -0.2) is 16.3 Å². The Labute approximate surface area is 98.1 Å². The van der Waals surface area contributed by atoms with E-state index in [0.717, 1.165) is 23.3 Å². The van der Waals surface area contributed by atoms with Crippen LogP contribution < -0.4 is 4.74 Å². The number of hydrogen-bond donors (Lipinski definition) is 2. The lowest BCUT2D eigenvalue weighted by Gasteiger charge is -2.03. The number of nitrogens with one attached hydrogen (secondary N) is 1. The summed E-state index contributed by atoms with van der Waals surface area (Å²) in [5.74, 6) is 1.21. The highest BCUT2D eigenvalue weighted by molar-refractivity contribution is 5.94. The molecule has 5 nitrogen and oxygen atoms in total. The second kappa shape index (κ2) is 3.48. The molecule has 0 unspecified atom stereocenters. The third-order valence-electron chi connectivity index (χ3n) is 3.24. The van der Waals surface area contributed by atoms with Crippen LogP contribution in [0, 0.1) is 5.53 Å². The number of rotatable bonds is 2. The molecule has 1 aliphatic heterocycles. The van der Waals surface area contributed by atoms with Crippen molar-refractivity contribution in [2.24, 2.45) is 5.11 Å². The lowest BCUT2D eigenvalue weighted by molar-refractivity contribution is 0.357. The monoisotopic (exact) mass is 231 g/mol. The smallest absolute Gasteiger partial charge is 0.197 e. The lowest BCUT2D eigenvalue weighted by Crippen LogP contribution is -1.92. The van der Waals surface area contributed by atoms with Crippen molar-refractivity contribution in [2.75, 3.05) is 6.61 Å². The molecular formula is C12H13N3O2. The molecule has 3 rings (SSSR count). The van der Waals surface area contributed by atoms with Crippen LogP contribution in [0.15, 0.2) is 17.2 Å². The van der Waals surface area contributed by atoms with Gasteiger partial charge in [-0.25, -0.2) is 5.53 Å². The van der Waals surface area contributed by atoms with E-state index in [9.17, 15) is 5.11 Å². The molecule has 0 spiro atoms. The molecule has 2 N–H and O–H groups in total. The summed E-state index contributed by atoms with van der Waals surface area (Å²) in [7, 11) is 0. The number of aromatic nitrogens is 1. The van der Waals surface area contributed by atoms with Crippen molar-refractivity contribution in [1.29, 1.82) is 5.53 Å². The average molecular weight is 231 g/mol. The Morgan fingerprint density at radius 3 is 3.06 bits per heavy atom. The van der Waals surface area contributed by atoms with E-state index in [2.05, 4.69) is 5.11 Å². The molecule has 0 bridgehead atoms. The number of benzene rings is 1. The molecule has 0 aliphatic carbocycles. The van der Waals surface area contributed by atoms with E-state index >= 15 is 0 Å². The third-order valence-corrected chi connectivity index (χ3v) is 3.24. The molecule has 88 valence electrons. The topological polar surface area (TPSA) is 70.6 Å². The lowest BCUT2D eigenvalue weighted by atomic mass is 10.1. The van der Waals surface area contributed by atoms with Crippen molar-refractivity contribution >= 4 is 16.7 Å². The molecular weight excluding hydrogens is 218 g/mol. The molecule has 17 heavy (non-hydrogen) atoms. The van der Waals surface area contributed by atoms with Crippen LogP contribution in [0.1, 0.15) is 12.5 Å². The van der Waals surface area contributed by atoms with E-state index in [1.807, 2.05) is 23.6 Å². The van der Waals surface area contributed by atoms with Crippen molar-refractivity contribution in [3.05, 3.63) is 17.7 Å². The normalized spacial score (nSPS) is 13.7. The summed E-state index contributed by atoms with van der Waals surface area (Å²) in [6.45, 7) is 3.34. The summed E-state index contributed by atoms with van der Waals surface area (Å²) < 4.78 is 7.32. The first-order valence-corrected chi connectivity index (χ1v) is 5.64. The van der Waals surface area contributed by atoms with E-state index in [1.165, 1.54) is 0 Å². The molecule has 0 radical (unpaired) electrons. The minimum Gasteiger partial charge on any atom is -0.504 e. The second-order valence-corrected chi connectivity index (χ2v) is 4.10. The van der Waals surface area contributed by atoms with Gasteiger partial charge in [-0.05, 0) is 24.6 Å². The summed E-state index contributed by atoms with van der Waals surface area (Å²) in [6.07, 6.45) is 0.897. The van der Waals surface area contributed by atoms with Gasteiger partial charge in [-0.1, -0.05) is 0 Å². The molecule has 1 aromatic carbocycles. The highest BCUT2D eigenvalue weighted by Gasteiger charge is 2.20. The van der Waals surface area contributed by atoms with Crippen LogP contribution >= 0.6 is 0 Å². The van der Waals surface area contributed by atoms with E-state index in [1.54, 1.807) is 0 Å². The van der Waals surface area contributed by atoms with Crippen LogP contribution in [0.3, 0.4) is 0 Å². The molecule has 0 atom stereocenters. The highest BCUT2D eigenvalue weighted by Crippen LogP contribution is 2.42. The number of fused-ring (bicyclic) bond motifs is 2. The van der Waals surface area contributed by atoms with Gasteiger partial charge in [0, 0.05) is 18.4 Å². The van der Waals surface area contributed by atoms with Gasteiger partial charge in [-0.15, -0.1) is 5.11 Å². The fraction of sp³-hybridized carbons (Fsp3) is 0.333. The van der Waals surface area contributed by atoms with Crippen LogP contribution in [-0.2, 0) is 13.0 Å². The van der Waals surface area contributed by atoms with E-state index in [4.69, 9.17) is 10.3 Å². The number of aryl methyl sites for hydroxylation is 1. The van der Waals surface area contributed by atoms with Gasteiger partial charge in [0.1, 0.15) is 5.75 Å². The average Bonchev–Trinajstić information content (AvgIpc) is 2.89. The number of hydrogen-bond acceptors (Lipinski definition) is 4. The molecule has 0 saturated heterocycles. The largest absolute Gasteiger partial charge is 0.504 e. The van der Waals surface area contributed by atoms with Crippen LogP contribution in [0.5, 0.6) is 11.5 Å². The molecule has 1 aliphatic rings. The molecule has 1 aromatic heterocycles. The van der Waals surface area contributed by atoms with Gasteiger partial charge in [0.05, 0.1) is 12.1 Å². The van der Waals surface area contributed by atoms with Gasteiger partial charge in [0.25, 0.3) is 0 Å². The first-order valence-electron chi connectivity index (χ1n) is 5.64. The Bertz CT molecular complexity index is 616. The second-order valence-electron chi connectivity index (χ2n) is 4.10. The standard InChI is InChI=1S/C12H13N3O2/c1-2-15-9-5-7-3-4-17-10(7)6-8(9)11(16)12(15)14-13/h5-6,13,16H,2-4H2,1H3. The molecule has 0 saturated carbocycles. The summed E-state index contributed by atoms with van der Waals surface area (Å²) in [6, 6.07) is 3.86. The quantitative estimate of drug-likeness (QED) is 0.780. The molecule has 0 fully saturated rings. The molecule has 2 heterocycles. The number of aromatic hydroxyl groups is 1. The van der Waals surface area contributed by atoms with Crippen LogP contribution in [0.4, 0.5) is 5.82 Å². The van der Waals surface area contributed by atoms with Gasteiger partial charge in [-0.2, -0.15) is 0 Å². The maximum atomic E-state index is 10.0. The van der Waals surface area contributed by atoms with Crippen LogP contribution in [0.2, 0.25) is 0 Å². The zero-order valence-electron chi connectivity index (χ0n) is 9.53. The fourth-order valence-corrected chi connectivity index (χ4v) is 2.42. The molecule has 5 heteroatoms. The maximum absolute atomic E-state index is 10.0. The van der Waals surface area contributed by atoms with Gasteiger partial charge < -0.3 is 14.4 Å². The SMILES string of the molecule is CCn1c(N=N)c(O)c2cc3c(cc21)CCO3.